The number of benzene rings is 1. The van der Waals surface area contributed by atoms with Gasteiger partial charge in [-0.15, -0.1) is 0 Å². The third-order valence-electron chi connectivity index (χ3n) is 2.63. The Hall–Kier alpha value is -1.68. The first kappa shape index (κ1) is 11.8. The van der Waals surface area contributed by atoms with Crippen LogP contribution in [0.15, 0.2) is 36.5 Å². The van der Waals surface area contributed by atoms with Crippen molar-refractivity contribution in [2.45, 2.75) is 26.6 Å². The molecule has 90 valence electrons. The van der Waals surface area contributed by atoms with Gasteiger partial charge >= 0.3 is 0 Å². The standard InChI is InChI=1S/C13H16FN3/c1-2-17-13(14)12(10-16-17)9-15-8-11-6-4-3-5-7-11/h3-7,10,15H,2,8-9H2,1H3. The van der Waals surface area contributed by atoms with E-state index < -0.39 is 0 Å². The minimum absolute atomic E-state index is 0.243. The Kier molecular flexibility index (Phi) is 3.88. The molecular weight excluding hydrogens is 217 g/mol. The average molecular weight is 233 g/mol. The molecule has 1 heterocycles. The number of nitrogens with one attached hydrogen (secondary N) is 1. The lowest BCUT2D eigenvalue weighted by Crippen LogP contribution is -2.13. The minimum atomic E-state index is -0.243. The van der Waals surface area contributed by atoms with E-state index in [2.05, 4.69) is 10.4 Å². The Labute approximate surface area is 100 Å². The first-order valence-corrected chi connectivity index (χ1v) is 5.76. The van der Waals surface area contributed by atoms with Crippen molar-refractivity contribution < 1.29 is 4.39 Å². The Morgan fingerprint density at radius 1 is 1.24 bits per heavy atom. The zero-order valence-corrected chi connectivity index (χ0v) is 9.86. The molecule has 1 aromatic carbocycles. The fraction of sp³-hybridized carbons (Fsp3) is 0.308. The highest BCUT2D eigenvalue weighted by molar-refractivity contribution is 5.14. The maximum Gasteiger partial charge on any atom is 0.215 e. The van der Waals surface area contributed by atoms with Gasteiger partial charge in [0.15, 0.2) is 0 Å². The average Bonchev–Trinajstić information content (AvgIpc) is 2.72. The van der Waals surface area contributed by atoms with Crippen molar-refractivity contribution >= 4 is 0 Å². The van der Waals surface area contributed by atoms with Gasteiger partial charge < -0.3 is 5.32 Å². The summed E-state index contributed by atoms with van der Waals surface area (Å²) in [7, 11) is 0. The van der Waals surface area contributed by atoms with Crippen LogP contribution in [0.4, 0.5) is 4.39 Å². The summed E-state index contributed by atoms with van der Waals surface area (Å²) < 4.78 is 15.0. The van der Waals surface area contributed by atoms with E-state index in [1.54, 1.807) is 6.20 Å². The third kappa shape index (κ3) is 2.91. The maximum absolute atomic E-state index is 13.6. The van der Waals surface area contributed by atoms with Crippen LogP contribution in [-0.4, -0.2) is 9.78 Å². The van der Waals surface area contributed by atoms with Crippen LogP contribution in [0.1, 0.15) is 18.1 Å². The van der Waals surface area contributed by atoms with E-state index in [1.165, 1.54) is 10.2 Å². The fourth-order valence-corrected chi connectivity index (χ4v) is 1.69. The molecule has 3 nitrogen and oxygen atoms in total. The van der Waals surface area contributed by atoms with Crippen LogP contribution < -0.4 is 5.32 Å². The second-order valence-electron chi connectivity index (χ2n) is 3.87. The second kappa shape index (κ2) is 5.59. The number of rotatable bonds is 5. The lowest BCUT2D eigenvalue weighted by molar-refractivity contribution is 0.460. The van der Waals surface area contributed by atoms with E-state index in [9.17, 15) is 4.39 Å². The van der Waals surface area contributed by atoms with Crippen molar-refractivity contribution in [1.82, 2.24) is 15.1 Å². The Morgan fingerprint density at radius 3 is 2.65 bits per heavy atom. The van der Waals surface area contributed by atoms with Gasteiger partial charge in [-0.1, -0.05) is 30.3 Å². The van der Waals surface area contributed by atoms with E-state index in [0.29, 0.717) is 18.7 Å². The molecule has 2 aromatic rings. The van der Waals surface area contributed by atoms with Crippen LogP contribution in [0.25, 0.3) is 0 Å². The molecule has 1 N–H and O–H groups in total. The Bertz CT molecular complexity index is 465. The number of aryl methyl sites for hydroxylation is 1. The van der Waals surface area contributed by atoms with Crippen molar-refractivity contribution in [2.75, 3.05) is 0 Å². The van der Waals surface area contributed by atoms with Gasteiger partial charge in [-0.2, -0.15) is 9.49 Å². The summed E-state index contributed by atoms with van der Waals surface area (Å²) in [6.45, 7) is 3.67. The summed E-state index contributed by atoms with van der Waals surface area (Å²) >= 11 is 0. The van der Waals surface area contributed by atoms with Gasteiger partial charge in [0, 0.05) is 25.2 Å². The molecule has 0 atom stereocenters. The van der Waals surface area contributed by atoms with Gasteiger partial charge in [0.2, 0.25) is 5.95 Å². The van der Waals surface area contributed by atoms with Gasteiger partial charge in [0.1, 0.15) is 0 Å². The molecule has 0 aliphatic heterocycles. The van der Waals surface area contributed by atoms with Crippen LogP contribution >= 0.6 is 0 Å². The molecule has 0 aliphatic carbocycles. The van der Waals surface area contributed by atoms with Crippen molar-refractivity contribution in [1.29, 1.82) is 0 Å². The predicted molar refractivity (Wildman–Crippen MR) is 64.8 cm³/mol. The molecule has 1 aromatic heterocycles. The highest BCUT2D eigenvalue weighted by Gasteiger charge is 2.07. The zero-order valence-electron chi connectivity index (χ0n) is 9.86. The second-order valence-corrected chi connectivity index (χ2v) is 3.87. The quantitative estimate of drug-likeness (QED) is 0.859. The number of aromatic nitrogens is 2. The zero-order chi connectivity index (χ0) is 12.1. The van der Waals surface area contributed by atoms with Crippen molar-refractivity contribution in [3.63, 3.8) is 0 Å². The Balaban J connectivity index is 1.88. The molecule has 0 bridgehead atoms. The smallest absolute Gasteiger partial charge is 0.215 e. The van der Waals surface area contributed by atoms with Crippen molar-refractivity contribution in [3.8, 4) is 0 Å². The van der Waals surface area contributed by atoms with Gasteiger partial charge in [0.05, 0.1) is 6.20 Å². The molecule has 0 saturated heterocycles. The molecule has 0 saturated carbocycles. The minimum Gasteiger partial charge on any atom is -0.308 e. The first-order chi connectivity index (χ1) is 8.31. The summed E-state index contributed by atoms with van der Waals surface area (Å²) in [6, 6.07) is 10.0. The topological polar surface area (TPSA) is 29.9 Å². The summed E-state index contributed by atoms with van der Waals surface area (Å²) in [5, 5.41) is 7.16. The largest absolute Gasteiger partial charge is 0.308 e. The normalized spacial score (nSPS) is 10.7. The van der Waals surface area contributed by atoms with Gasteiger partial charge in [-0.3, -0.25) is 0 Å². The molecule has 0 spiro atoms. The van der Waals surface area contributed by atoms with Gasteiger partial charge in [-0.25, -0.2) is 4.68 Å². The molecule has 0 radical (unpaired) electrons. The number of nitrogens with zero attached hydrogens (tertiary/aromatic N) is 2. The molecule has 0 aliphatic rings. The molecule has 0 amide bonds. The van der Waals surface area contributed by atoms with Crippen LogP contribution in [0, 0.1) is 5.95 Å². The van der Waals surface area contributed by atoms with E-state index in [1.807, 2.05) is 37.3 Å². The maximum atomic E-state index is 13.6. The molecule has 0 unspecified atom stereocenters. The molecule has 0 fully saturated rings. The van der Waals surface area contributed by atoms with E-state index in [4.69, 9.17) is 0 Å². The van der Waals surface area contributed by atoms with Crippen molar-refractivity contribution in [2.24, 2.45) is 0 Å². The van der Waals surface area contributed by atoms with Gasteiger partial charge in [0.25, 0.3) is 0 Å². The SMILES string of the molecule is CCn1ncc(CNCc2ccccc2)c1F. The summed E-state index contributed by atoms with van der Waals surface area (Å²) in [5.74, 6) is -0.243. The fourth-order valence-electron chi connectivity index (χ4n) is 1.69. The lowest BCUT2D eigenvalue weighted by atomic mass is 10.2. The summed E-state index contributed by atoms with van der Waals surface area (Å²) in [4.78, 5) is 0. The van der Waals surface area contributed by atoms with E-state index in [0.717, 1.165) is 6.54 Å². The summed E-state index contributed by atoms with van der Waals surface area (Å²) in [6.07, 6.45) is 1.58. The van der Waals surface area contributed by atoms with E-state index >= 15 is 0 Å². The molecular formula is C13H16FN3. The third-order valence-corrected chi connectivity index (χ3v) is 2.63. The van der Waals surface area contributed by atoms with Crippen LogP contribution in [0.5, 0.6) is 0 Å². The predicted octanol–water partition coefficient (Wildman–Crippen LogP) is 2.33. The highest BCUT2D eigenvalue weighted by atomic mass is 19.1. The number of halogens is 1. The van der Waals surface area contributed by atoms with E-state index in [-0.39, 0.29) is 5.95 Å². The lowest BCUT2D eigenvalue weighted by Gasteiger charge is -2.03. The van der Waals surface area contributed by atoms with Gasteiger partial charge in [-0.05, 0) is 12.5 Å². The molecule has 2 rings (SSSR count). The first-order valence-electron chi connectivity index (χ1n) is 5.76. The molecule has 17 heavy (non-hydrogen) atoms. The van der Waals surface area contributed by atoms with Crippen LogP contribution in [0.2, 0.25) is 0 Å². The Morgan fingerprint density at radius 2 is 2.00 bits per heavy atom. The molecule has 4 heteroatoms. The van der Waals surface area contributed by atoms with Crippen LogP contribution in [-0.2, 0) is 19.6 Å². The highest BCUT2D eigenvalue weighted by Crippen LogP contribution is 2.06. The summed E-state index contributed by atoms with van der Waals surface area (Å²) in [5.41, 5.74) is 1.80. The number of hydrogen-bond acceptors (Lipinski definition) is 2. The van der Waals surface area contributed by atoms with Crippen LogP contribution in [0.3, 0.4) is 0 Å². The number of hydrogen-bond donors (Lipinski definition) is 1. The monoisotopic (exact) mass is 233 g/mol. The van der Waals surface area contributed by atoms with Crippen molar-refractivity contribution in [3.05, 3.63) is 53.6 Å².